The molecular formula is C18H15OTi. The van der Waals surface area contributed by atoms with E-state index in [4.69, 9.17) is 0 Å². The van der Waals surface area contributed by atoms with E-state index in [-0.39, 0.29) is 0 Å². The third-order valence-electron chi connectivity index (χ3n) is 3.54. The van der Waals surface area contributed by atoms with E-state index in [0.717, 1.165) is 11.6 Å². The third-order valence-corrected chi connectivity index (χ3v) is 8.91. The summed E-state index contributed by atoms with van der Waals surface area (Å²) in [6, 6.07) is 29.5. The number of rotatable bonds is 3. The molecule has 0 saturated heterocycles. The zero-order chi connectivity index (χ0) is 13.8. The van der Waals surface area contributed by atoms with E-state index in [0.29, 0.717) is 0 Å². The Hall–Kier alpha value is -1.83. The minimum atomic E-state index is -3.74. The van der Waals surface area contributed by atoms with Gasteiger partial charge in [0.25, 0.3) is 0 Å². The van der Waals surface area contributed by atoms with Gasteiger partial charge >= 0.3 is 122 Å². The number of benzene rings is 3. The summed E-state index contributed by atoms with van der Waals surface area (Å²) in [7, 11) is 0. The van der Waals surface area contributed by atoms with Crippen molar-refractivity contribution in [2.45, 2.75) is 0 Å². The number of hydrogen-bond donors (Lipinski definition) is 0. The zero-order valence-corrected chi connectivity index (χ0v) is 12.6. The van der Waals surface area contributed by atoms with Crippen molar-refractivity contribution in [3.63, 3.8) is 0 Å². The molecule has 1 nitrogen and oxygen atoms in total. The van der Waals surface area contributed by atoms with Gasteiger partial charge in [0.05, 0.1) is 0 Å². The SMILES string of the molecule is [O]=[Ti]([c]1ccccc1)([c]1ccccc1)[c]1ccccc1. The Morgan fingerprint density at radius 1 is 0.450 bits per heavy atom. The molecule has 3 rings (SSSR count). The van der Waals surface area contributed by atoms with Crippen LogP contribution < -0.4 is 11.6 Å². The van der Waals surface area contributed by atoms with Crippen molar-refractivity contribution in [2.24, 2.45) is 0 Å². The van der Waals surface area contributed by atoms with E-state index >= 15 is 0 Å². The average molecular weight is 295 g/mol. The molecule has 0 heterocycles. The second-order valence-electron chi connectivity index (χ2n) is 4.78. The molecule has 0 atom stereocenters. The van der Waals surface area contributed by atoms with Gasteiger partial charge in [-0.2, -0.15) is 0 Å². The fraction of sp³-hybridized carbons (Fsp3) is 0. The molecule has 3 aromatic rings. The van der Waals surface area contributed by atoms with E-state index in [2.05, 4.69) is 0 Å². The molecule has 0 aliphatic carbocycles. The van der Waals surface area contributed by atoms with Gasteiger partial charge in [0, 0.05) is 0 Å². The van der Waals surface area contributed by atoms with Crippen molar-refractivity contribution in [2.75, 3.05) is 0 Å². The Kier molecular flexibility index (Phi) is 3.73. The Morgan fingerprint density at radius 2 is 0.700 bits per heavy atom. The van der Waals surface area contributed by atoms with Gasteiger partial charge in [-0.05, 0) is 0 Å². The van der Waals surface area contributed by atoms with E-state index in [9.17, 15) is 3.32 Å². The van der Waals surface area contributed by atoms with E-state index in [1.807, 2.05) is 91.0 Å². The first kappa shape index (κ1) is 13.2. The fourth-order valence-corrected chi connectivity index (χ4v) is 7.18. The van der Waals surface area contributed by atoms with Crippen LogP contribution in [0.2, 0.25) is 0 Å². The molecule has 0 aliphatic rings. The quantitative estimate of drug-likeness (QED) is 0.678. The summed E-state index contributed by atoms with van der Waals surface area (Å²) in [5, 5.41) is 0. The van der Waals surface area contributed by atoms with E-state index in [1.54, 1.807) is 0 Å². The van der Waals surface area contributed by atoms with Crippen molar-refractivity contribution in [3.8, 4) is 0 Å². The summed E-state index contributed by atoms with van der Waals surface area (Å²) in [6.07, 6.45) is 0. The molecule has 0 spiro atoms. The van der Waals surface area contributed by atoms with Crippen LogP contribution in [-0.2, 0) is 19.9 Å². The summed E-state index contributed by atoms with van der Waals surface area (Å²) >= 11 is -3.74. The second kappa shape index (κ2) is 5.66. The minimum absolute atomic E-state index is 0.949. The van der Waals surface area contributed by atoms with Gasteiger partial charge in [-0.1, -0.05) is 0 Å². The summed E-state index contributed by atoms with van der Waals surface area (Å²) in [5.74, 6) is 0. The topological polar surface area (TPSA) is 17.1 Å². The Morgan fingerprint density at radius 3 is 0.950 bits per heavy atom. The van der Waals surface area contributed by atoms with Gasteiger partial charge in [-0.25, -0.2) is 0 Å². The molecule has 0 unspecified atom stereocenters. The first-order valence-electron chi connectivity index (χ1n) is 6.69. The number of hydrogen-bond acceptors (Lipinski definition) is 1. The zero-order valence-electron chi connectivity index (χ0n) is 11.1. The van der Waals surface area contributed by atoms with Crippen LogP contribution in [0, 0.1) is 0 Å². The fourth-order valence-electron chi connectivity index (χ4n) is 2.52. The van der Waals surface area contributed by atoms with Crippen LogP contribution in [-0.4, -0.2) is 0 Å². The first-order valence-corrected chi connectivity index (χ1v) is 9.67. The molecule has 0 bridgehead atoms. The first-order chi connectivity index (χ1) is 9.82. The van der Waals surface area contributed by atoms with Crippen LogP contribution >= 0.6 is 0 Å². The normalized spacial score (nSPS) is 11.2. The maximum atomic E-state index is 13.9. The van der Waals surface area contributed by atoms with Gasteiger partial charge in [0.1, 0.15) is 0 Å². The van der Waals surface area contributed by atoms with Gasteiger partial charge < -0.3 is 0 Å². The summed E-state index contributed by atoms with van der Waals surface area (Å²) in [6.45, 7) is 0. The Labute approximate surface area is 122 Å². The van der Waals surface area contributed by atoms with Gasteiger partial charge in [0.2, 0.25) is 0 Å². The van der Waals surface area contributed by atoms with Crippen LogP contribution in [0.4, 0.5) is 0 Å². The van der Waals surface area contributed by atoms with E-state index < -0.39 is 16.6 Å². The molecule has 0 aromatic heterocycles. The van der Waals surface area contributed by atoms with Crippen LogP contribution in [0.15, 0.2) is 91.0 Å². The molecule has 0 saturated carbocycles. The molecule has 2 heteroatoms. The van der Waals surface area contributed by atoms with Crippen LogP contribution in [0.1, 0.15) is 0 Å². The van der Waals surface area contributed by atoms with Crippen molar-refractivity contribution >= 4 is 11.6 Å². The Bertz CT molecular complexity index is 618. The van der Waals surface area contributed by atoms with Crippen molar-refractivity contribution in [3.05, 3.63) is 91.0 Å². The molecule has 20 heavy (non-hydrogen) atoms. The maximum absolute atomic E-state index is 13.9. The molecule has 0 N–H and O–H groups in total. The molecule has 0 amide bonds. The van der Waals surface area contributed by atoms with Crippen LogP contribution in [0.25, 0.3) is 0 Å². The molecular weight excluding hydrogens is 280 g/mol. The summed E-state index contributed by atoms with van der Waals surface area (Å²) in [5.41, 5.74) is 0. The van der Waals surface area contributed by atoms with Crippen molar-refractivity contribution in [1.29, 1.82) is 0 Å². The predicted molar refractivity (Wildman–Crippen MR) is 78.9 cm³/mol. The van der Waals surface area contributed by atoms with Gasteiger partial charge in [0.15, 0.2) is 0 Å². The standard InChI is InChI=1S/3C6H5.O.Ti/c3*1-2-4-6-5-3-1;;/h3*1-5H;;. The summed E-state index contributed by atoms with van der Waals surface area (Å²) < 4.78 is 16.7. The van der Waals surface area contributed by atoms with Crippen molar-refractivity contribution < 1.29 is 19.9 Å². The summed E-state index contributed by atoms with van der Waals surface area (Å²) in [4.78, 5) is 0. The van der Waals surface area contributed by atoms with Gasteiger partial charge in [-0.3, -0.25) is 0 Å². The van der Waals surface area contributed by atoms with E-state index in [1.165, 1.54) is 0 Å². The average Bonchev–Trinajstić information content (AvgIpc) is 2.56. The molecule has 0 aliphatic heterocycles. The van der Waals surface area contributed by atoms with Gasteiger partial charge in [-0.15, -0.1) is 0 Å². The van der Waals surface area contributed by atoms with Crippen LogP contribution in [0.3, 0.4) is 0 Å². The predicted octanol–water partition coefficient (Wildman–Crippen LogP) is 2.46. The Balaban J connectivity index is 2.27. The third kappa shape index (κ3) is 2.31. The van der Waals surface area contributed by atoms with Crippen LogP contribution in [0.5, 0.6) is 0 Å². The van der Waals surface area contributed by atoms with Crippen molar-refractivity contribution in [1.82, 2.24) is 0 Å². The monoisotopic (exact) mass is 295 g/mol. The second-order valence-corrected chi connectivity index (χ2v) is 9.61. The molecule has 3 aromatic carbocycles. The molecule has 97 valence electrons. The molecule has 0 radical (unpaired) electrons. The molecule has 0 fully saturated rings.